The first-order valence-corrected chi connectivity index (χ1v) is 10.4. The molecule has 0 fully saturated rings. The number of hydrogen-bond acceptors (Lipinski definition) is 6. The molecule has 2 aromatic carbocycles. The number of rotatable bonds is 7. The van der Waals surface area contributed by atoms with E-state index in [4.69, 9.17) is 9.15 Å². The van der Waals surface area contributed by atoms with Crippen molar-refractivity contribution in [3.63, 3.8) is 0 Å². The van der Waals surface area contributed by atoms with Gasteiger partial charge in [0.25, 0.3) is 11.1 Å². The van der Waals surface area contributed by atoms with Gasteiger partial charge in [0, 0.05) is 10.2 Å². The van der Waals surface area contributed by atoms with Gasteiger partial charge in [0.05, 0.1) is 5.75 Å². The Morgan fingerprint density at radius 1 is 1.18 bits per heavy atom. The average Bonchev–Trinajstić information content (AvgIpc) is 3.12. The molecule has 1 aromatic heterocycles. The van der Waals surface area contributed by atoms with E-state index in [-0.39, 0.29) is 18.3 Å². The fourth-order valence-corrected chi connectivity index (χ4v) is 3.25. The van der Waals surface area contributed by atoms with Gasteiger partial charge < -0.3 is 14.5 Å². The number of thioether (sulfide) groups is 1. The summed E-state index contributed by atoms with van der Waals surface area (Å²) in [6, 6.07) is 11.5. The first kappa shape index (κ1) is 20.4. The molecule has 0 aliphatic heterocycles. The van der Waals surface area contributed by atoms with Crippen molar-refractivity contribution >= 4 is 39.3 Å². The third-order valence-corrected chi connectivity index (χ3v) is 5.83. The summed E-state index contributed by atoms with van der Waals surface area (Å²) in [5, 5.41) is 11.1. The molecule has 0 saturated heterocycles. The number of anilines is 1. The highest BCUT2D eigenvalue weighted by molar-refractivity contribution is 9.10. The van der Waals surface area contributed by atoms with E-state index in [9.17, 15) is 4.79 Å². The van der Waals surface area contributed by atoms with Crippen LogP contribution in [-0.2, 0) is 11.4 Å². The van der Waals surface area contributed by atoms with Gasteiger partial charge in [-0.25, -0.2) is 0 Å². The van der Waals surface area contributed by atoms with Crippen LogP contribution in [0.15, 0.2) is 50.5 Å². The molecular weight excluding hydrogens is 442 g/mol. The van der Waals surface area contributed by atoms with Crippen molar-refractivity contribution in [2.75, 3.05) is 11.1 Å². The standard InChI is InChI=1S/C20H20BrN3O3S/c1-12-5-4-6-17(14(12)3)26-10-19-23-24-20(27-19)28-11-18(25)22-15-7-8-16(21)13(2)9-15/h4-9H,10-11H2,1-3H3,(H,22,25). The Morgan fingerprint density at radius 2 is 2.00 bits per heavy atom. The van der Waals surface area contributed by atoms with Gasteiger partial charge in [-0.2, -0.15) is 0 Å². The van der Waals surface area contributed by atoms with Gasteiger partial charge in [-0.3, -0.25) is 4.79 Å². The normalized spacial score (nSPS) is 10.7. The Labute approximate surface area is 176 Å². The molecule has 0 aliphatic rings. The molecule has 1 amide bonds. The summed E-state index contributed by atoms with van der Waals surface area (Å²) in [6.07, 6.45) is 0. The van der Waals surface area contributed by atoms with Crippen LogP contribution in [0.5, 0.6) is 5.75 Å². The predicted molar refractivity (Wildman–Crippen MR) is 113 cm³/mol. The van der Waals surface area contributed by atoms with Crippen molar-refractivity contribution in [1.82, 2.24) is 10.2 Å². The summed E-state index contributed by atoms with van der Waals surface area (Å²) in [5.74, 6) is 1.19. The monoisotopic (exact) mass is 461 g/mol. The van der Waals surface area contributed by atoms with Crippen LogP contribution in [-0.4, -0.2) is 21.9 Å². The van der Waals surface area contributed by atoms with Crippen molar-refractivity contribution in [2.45, 2.75) is 32.6 Å². The van der Waals surface area contributed by atoms with Crippen molar-refractivity contribution in [1.29, 1.82) is 0 Å². The molecule has 3 aromatic rings. The van der Waals surface area contributed by atoms with E-state index in [2.05, 4.69) is 31.4 Å². The molecule has 3 rings (SSSR count). The van der Waals surface area contributed by atoms with Gasteiger partial charge in [0.2, 0.25) is 5.91 Å². The fourth-order valence-electron chi connectivity index (χ4n) is 2.42. The van der Waals surface area contributed by atoms with Crippen molar-refractivity contribution < 1.29 is 13.9 Å². The SMILES string of the molecule is Cc1cc(NC(=O)CSc2nnc(COc3cccc(C)c3C)o2)ccc1Br. The van der Waals surface area contributed by atoms with E-state index >= 15 is 0 Å². The highest BCUT2D eigenvalue weighted by Crippen LogP contribution is 2.23. The number of nitrogens with one attached hydrogen (secondary N) is 1. The van der Waals surface area contributed by atoms with Crippen LogP contribution in [0.25, 0.3) is 0 Å². The average molecular weight is 462 g/mol. The minimum Gasteiger partial charge on any atom is -0.484 e. The van der Waals surface area contributed by atoms with Crippen LogP contribution in [0.3, 0.4) is 0 Å². The lowest BCUT2D eigenvalue weighted by Gasteiger charge is -2.08. The van der Waals surface area contributed by atoms with Crippen molar-refractivity contribution in [3.05, 3.63) is 63.5 Å². The number of aromatic nitrogens is 2. The summed E-state index contributed by atoms with van der Waals surface area (Å²) < 4.78 is 12.3. The summed E-state index contributed by atoms with van der Waals surface area (Å²) in [7, 11) is 0. The maximum absolute atomic E-state index is 12.1. The van der Waals surface area contributed by atoms with E-state index in [0.717, 1.165) is 32.6 Å². The zero-order valence-corrected chi connectivity index (χ0v) is 18.2. The zero-order chi connectivity index (χ0) is 20.1. The Kier molecular flexibility index (Phi) is 6.74. The molecule has 0 spiro atoms. The number of carbonyl (C=O) groups excluding carboxylic acids is 1. The number of ether oxygens (including phenoxy) is 1. The number of carbonyl (C=O) groups is 1. The van der Waals surface area contributed by atoms with Crippen LogP contribution in [0.4, 0.5) is 5.69 Å². The van der Waals surface area contributed by atoms with Crippen LogP contribution in [0.1, 0.15) is 22.6 Å². The first-order valence-electron chi connectivity index (χ1n) is 8.62. The highest BCUT2D eigenvalue weighted by Gasteiger charge is 2.11. The maximum Gasteiger partial charge on any atom is 0.277 e. The molecule has 0 atom stereocenters. The third-order valence-electron chi connectivity index (χ3n) is 4.12. The smallest absolute Gasteiger partial charge is 0.277 e. The van der Waals surface area contributed by atoms with E-state index in [0.29, 0.717) is 11.1 Å². The molecule has 28 heavy (non-hydrogen) atoms. The molecule has 0 bridgehead atoms. The molecular formula is C20H20BrN3O3S. The highest BCUT2D eigenvalue weighted by atomic mass is 79.9. The largest absolute Gasteiger partial charge is 0.484 e. The number of hydrogen-bond donors (Lipinski definition) is 1. The molecule has 0 unspecified atom stereocenters. The summed E-state index contributed by atoms with van der Waals surface area (Å²) in [4.78, 5) is 12.1. The lowest BCUT2D eigenvalue weighted by atomic mass is 10.1. The number of halogens is 1. The van der Waals surface area contributed by atoms with Gasteiger partial charge in [-0.05, 0) is 61.7 Å². The van der Waals surface area contributed by atoms with E-state index < -0.39 is 0 Å². The lowest BCUT2D eigenvalue weighted by molar-refractivity contribution is -0.113. The van der Waals surface area contributed by atoms with E-state index in [1.54, 1.807) is 0 Å². The predicted octanol–water partition coefficient (Wildman–Crippen LogP) is 5.07. The Hall–Kier alpha value is -2.32. The fraction of sp³-hybridized carbons (Fsp3) is 0.250. The van der Waals surface area contributed by atoms with Gasteiger partial charge >= 0.3 is 0 Å². The van der Waals surface area contributed by atoms with Crippen molar-refractivity contribution in [2.24, 2.45) is 0 Å². The van der Waals surface area contributed by atoms with Gasteiger partial charge in [-0.15, -0.1) is 10.2 Å². The van der Waals surface area contributed by atoms with Crippen LogP contribution >= 0.6 is 27.7 Å². The van der Waals surface area contributed by atoms with E-state index in [1.807, 2.05) is 57.2 Å². The van der Waals surface area contributed by atoms with E-state index in [1.165, 1.54) is 11.8 Å². The van der Waals surface area contributed by atoms with Crippen LogP contribution in [0.2, 0.25) is 0 Å². The third kappa shape index (κ3) is 5.36. The topological polar surface area (TPSA) is 77.2 Å². The number of nitrogens with zero attached hydrogens (tertiary/aromatic N) is 2. The summed E-state index contributed by atoms with van der Waals surface area (Å²) >= 11 is 4.63. The molecule has 8 heteroatoms. The second-order valence-corrected chi connectivity index (χ2v) is 8.03. The van der Waals surface area contributed by atoms with Gasteiger partial charge in [0.15, 0.2) is 6.61 Å². The molecule has 1 N–H and O–H groups in total. The molecule has 6 nitrogen and oxygen atoms in total. The minimum absolute atomic E-state index is 0.141. The lowest BCUT2D eigenvalue weighted by Crippen LogP contribution is -2.14. The molecule has 0 aliphatic carbocycles. The number of aryl methyl sites for hydroxylation is 2. The molecule has 1 heterocycles. The van der Waals surface area contributed by atoms with Crippen molar-refractivity contribution in [3.8, 4) is 5.75 Å². The summed E-state index contributed by atoms with van der Waals surface area (Å²) in [5.41, 5.74) is 4.04. The Bertz CT molecular complexity index is 991. The first-order chi connectivity index (χ1) is 13.4. The second kappa shape index (κ2) is 9.25. The molecule has 146 valence electrons. The number of amides is 1. The minimum atomic E-state index is -0.141. The Morgan fingerprint density at radius 3 is 2.79 bits per heavy atom. The quantitative estimate of drug-likeness (QED) is 0.495. The zero-order valence-electron chi connectivity index (χ0n) is 15.8. The molecule has 0 saturated carbocycles. The van der Waals surface area contributed by atoms with Gasteiger partial charge in [0.1, 0.15) is 5.75 Å². The van der Waals surface area contributed by atoms with Crippen LogP contribution in [0, 0.1) is 20.8 Å². The molecule has 0 radical (unpaired) electrons. The number of benzene rings is 2. The Balaban J connectivity index is 1.49. The summed E-state index contributed by atoms with van der Waals surface area (Å²) in [6.45, 7) is 6.19. The second-order valence-electron chi connectivity index (χ2n) is 6.25. The maximum atomic E-state index is 12.1. The van der Waals surface area contributed by atoms with Gasteiger partial charge in [-0.1, -0.05) is 39.8 Å². The van der Waals surface area contributed by atoms with Crippen LogP contribution < -0.4 is 10.1 Å².